The predicted molar refractivity (Wildman–Crippen MR) is 57.6 cm³/mol. The van der Waals surface area contributed by atoms with Gasteiger partial charge in [-0.25, -0.2) is 0 Å². The molecule has 0 aromatic heterocycles. The Labute approximate surface area is 82.3 Å². The van der Waals surface area contributed by atoms with Crippen LogP contribution in [0, 0.1) is 11.3 Å². The zero-order valence-corrected chi connectivity index (χ0v) is 9.27. The van der Waals surface area contributed by atoms with E-state index < -0.39 is 0 Å². The van der Waals surface area contributed by atoms with Crippen LogP contribution < -0.4 is 11.1 Å². The molecule has 1 aliphatic carbocycles. The Morgan fingerprint density at radius 1 is 1.31 bits per heavy atom. The molecule has 3 N–H and O–H groups in total. The zero-order valence-electron chi connectivity index (χ0n) is 9.27. The van der Waals surface area contributed by atoms with Gasteiger partial charge in [0, 0.05) is 6.04 Å². The maximum absolute atomic E-state index is 5.85. The van der Waals surface area contributed by atoms with E-state index in [1.54, 1.807) is 0 Å². The summed E-state index contributed by atoms with van der Waals surface area (Å²) >= 11 is 0. The molecular weight excluding hydrogens is 160 g/mol. The zero-order chi connectivity index (χ0) is 9.90. The van der Waals surface area contributed by atoms with Crippen molar-refractivity contribution in [1.82, 2.24) is 5.32 Å². The van der Waals surface area contributed by atoms with Gasteiger partial charge in [0.2, 0.25) is 0 Å². The first-order chi connectivity index (χ1) is 5.97. The quantitative estimate of drug-likeness (QED) is 0.701. The van der Waals surface area contributed by atoms with Gasteiger partial charge in [0.05, 0.1) is 0 Å². The lowest BCUT2D eigenvalue weighted by atomic mass is 9.96. The molecule has 1 rings (SSSR count). The van der Waals surface area contributed by atoms with Crippen LogP contribution in [0.2, 0.25) is 0 Å². The summed E-state index contributed by atoms with van der Waals surface area (Å²) in [5.74, 6) is 0.831. The molecule has 0 radical (unpaired) electrons. The van der Waals surface area contributed by atoms with Crippen LogP contribution >= 0.6 is 0 Å². The second kappa shape index (κ2) is 4.43. The van der Waals surface area contributed by atoms with E-state index in [9.17, 15) is 0 Å². The van der Waals surface area contributed by atoms with Crippen LogP contribution in [0.15, 0.2) is 0 Å². The standard InChI is InChI=1S/C11H24N2/c1-11(2,3)8-13-7-9-4-5-10(12)6-9/h9-10,13H,4-8,12H2,1-3H3. The topological polar surface area (TPSA) is 38.0 Å². The fraction of sp³-hybridized carbons (Fsp3) is 1.00. The maximum atomic E-state index is 5.85. The molecule has 0 aromatic rings. The lowest BCUT2D eigenvalue weighted by Crippen LogP contribution is -2.30. The van der Waals surface area contributed by atoms with Gasteiger partial charge in [-0.3, -0.25) is 0 Å². The van der Waals surface area contributed by atoms with E-state index in [1.165, 1.54) is 19.3 Å². The minimum atomic E-state index is 0.403. The summed E-state index contributed by atoms with van der Waals surface area (Å²) < 4.78 is 0. The summed E-state index contributed by atoms with van der Waals surface area (Å²) in [6.07, 6.45) is 3.76. The molecule has 1 saturated carbocycles. The largest absolute Gasteiger partial charge is 0.328 e. The molecule has 0 aromatic carbocycles. The Balaban J connectivity index is 2.07. The SMILES string of the molecule is CC(C)(C)CNCC1CCC(N)C1. The van der Waals surface area contributed by atoms with Gasteiger partial charge >= 0.3 is 0 Å². The Bertz CT molecular complexity index is 149. The highest BCUT2D eigenvalue weighted by Crippen LogP contribution is 2.23. The Morgan fingerprint density at radius 2 is 2.00 bits per heavy atom. The van der Waals surface area contributed by atoms with E-state index in [-0.39, 0.29) is 0 Å². The molecule has 1 aliphatic rings. The van der Waals surface area contributed by atoms with E-state index >= 15 is 0 Å². The van der Waals surface area contributed by atoms with E-state index in [0.717, 1.165) is 19.0 Å². The number of nitrogens with two attached hydrogens (primary N) is 1. The molecule has 2 unspecified atom stereocenters. The summed E-state index contributed by atoms with van der Waals surface area (Å²) in [5.41, 5.74) is 6.26. The second-order valence-electron chi connectivity index (χ2n) is 5.63. The molecule has 13 heavy (non-hydrogen) atoms. The minimum absolute atomic E-state index is 0.403. The summed E-state index contributed by atoms with van der Waals surface area (Å²) in [6, 6.07) is 0.474. The van der Waals surface area contributed by atoms with Crippen molar-refractivity contribution in [3.63, 3.8) is 0 Å². The van der Waals surface area contributed by atoms with Gasteiger partial charge in [0.1, 0.15) is 0 Å². The minimum Gasteiger partial charge on any atom is -0.328 e. The van der Waals surface area contributed by atoms with E-state index in [4.69, 9.17) is 5.73 Å². The van der Waals surface area contributed by atoms with Crippen LogP contribution in [0.4, 0.5) is 0 Å². The lowest BCUT2D eigenvalue weighted by molar-refractivity contribution is 0.358. The van der Waals surface area contributed by atoms with Crippen molar-refractivity contribution in [3.8, 4) is 0 Å². The Morgan fingerprint density at radius 3 is 2.46 bits per heavy atom. The first-order valence-electron chi connectivity index (χ1n) is 5.44. The van der Waals surface area contributed by atoms with Crippen molar-refractivity contribution in [2.45, 2.75) is 46.1 Å². The number of rotatable bonds is 3. The lowest BCUT2D eigenvalue weighted by Gasteiger charge is -2.20. The first kappa shape index (κ1) is 11.0. The molecule has 2 atom stereocenters. The molecule has 0 aliphatic heterocycles. The van der Waals surface area contributed by atoms with Gasteiger partial charge in [-0.05, 0) is 43.7 Å². The normalized spacial score (nSPS) is 29.5. The summed E-state index contributed by atoms with van der Waals surface area (Å²) in [6.45, 7) is 9.06. The van der Waals surface area contributed by atoms with Crippen LogP contribution in [0.1, 0.15) is 40.0 Å². The third-order valence-corrected chi connectivity index (χ3v) is 2.67. The molecular formula is C11H24N2. The summed E-state index contributed by atoms with van der Waals surface area (Å²) in [5, 5.41) is 3.53. The van der Waals surface area contributed by atoms with Gasteiger partial charge in [-0.15, -0.1) is 0 Å². The van der Waals surface area contributed by atoms with Crippen molar-refractivity contribution in [3.05, 3.63) is 0 Å². The van der Waals surface area contributed by atoms with Gasteiger partial charge in [-0.2, -0.15) is 0 Å². The predicted octanol–water partition coefficient (Wildman–Crippen LogP) is 1.75. The molecule has 0 saturated heterocycles. The van der Waals surface area contributed by atoms with E-state index in [1.807, 2.05) is 0 Å². The van der Waals surface area contributed by atoms with Gasteiger partial charge in [0.25, 0.3) is 0 Å². The van der Waals surface area contributed by atoms with Crippen LogP contribution in [0.5, 0.6) is 0 Å². The molecule has 2 nitrogen and oxygen atoms in total. The van der Waals surface area contributed by atoms with Crippen LogP contribution in [0.25, 0.3) is 0 Å². The van der Waals surface area contributed by atoms with Gasteiger partial charge in [0.15, 0.2) is 0 Å². The van der Waals surface area contributed by atoms with Crippen LogP contribution in [-0.2, 0) is 0 Å². The monoisotopic (exact) mass is 184 g/mol. The maximum Gasteiger partial charge on any atom is 0.00420 e. The fourth-order valence-corrected chi connectivity index (χ4v) is 1.95. The van der Waals surface area contributed by atoms with Crippen molar-refractivity contribution in [1.29, 1.82) is 0 Å². The number of hydrogen-bond acceptors (Lipinski definition) is 2. The van der Waals surface area contributed by atoms with Gasteiger partial charge < -0.3 is 11.1 Å². The smallest absolute Gasteiger partial charge is 0.00420 e. The summed E-state index contributed by atoms with van der Waals surface area (Å²) in [7, 11) is 0. The van der Waals surface area contributed by atoms with Crippen molar-refractivity contribution in [2.24, 2.45) is 17.1 Å². The molecule has 1 fully saturated rings. The molecule has 0 amide bonds. The molecule has 2 heteroatoms. The number of nitrogens with one attached hydrogen (secondary N) is 1. The third kappa shape index (κ3) is 4.63. The Kier molecular flexibility index (Phi) is 3.74. The third-order valence-electron chi connectivity index (χ3n) is 2.67. The van der Waals surface area contributed by atoms with Crippen molar-refractivity contribution < 1.29 is 0 Å². The van der Waals surface area contributed by atoms with Crippen LogP contribution in [-0.4, -0.2) is 19.1 Å². The average molecular weight is 184 g/mol. The summed E-state index contributed by atoms with van der Waals surface area (Å²) in [4.78, 5) is 0. The highest BCUT2D eigenvalue weighted by molar-refractivity contribution is 4.79. The average Bonchev–Trinajstić information content (AvgIpc) is 2.33. The highest BCUT2D eigenvalue weighted by atomic mass is 14.9. The molecule has 0 bridgehead atoms. The molecule has 0 spiro atoms. The van der Waals surface area contributed by atoms with Crippen LogP contribution in [0.3, 0.4) is 0 Å². The molecule has 0 heterocycles. The van der Waals surface area contributed by atoms with Gasteiger partial charge in [-0.1, -0.05) is 20.8 Å². The van der Waals surface area contributed by atoms with E-state index in [0.29, 0.717) is 11.5 Å². The fourth-order valence-electron chi connectivity index (χ4n) is 1.95. The van der Waals surface area contributed by atoms with Crippen molar-refractivity contribution in [2.75, 3.05) is 13.1 Å². The van der Waals surface area contributed by atoms with E-state index in [2.05, 4.69) is 26.1 Å². The van der Waals surface area contributed by atoms with Crippen molar-refractivity contribution >= 4 is 0 Å². The highest BCUT2D eigenvalue weighted by Gasteiger charge is 2.21. The molecule has 78 valence electrons. The first-order valence-corrected chi connectivity index (χ1v) is 5.44. The second-order valence-corrected chi connectivity index (χ2v) is 5.63. The Hall–Kier alpha value is -0.0800. The number of hydrogen-bond donors (Lipinski definition) is 2.